The highest BCUT2D eigenvalue weighted by atomic mass is 16.2. The summed E-state index contributed by atoms with van der Waals surface area (Å²) in [5.74, 6) is -0.185. The molecular formula is C15H16N2O. The Morgan fingerprint density at radius 2 is 1.61 bits per heavy atom. The largest absolute Gasteiger partial charge is 0.350 e. The van der Waals surface area contributed by atoms with Crippen molar-refractivity contribution in [1.29, 1.82) is 0 Å². The lowest BCUT2D eigenvalue weighted by atomic mass is 10.0. The van der Waals surface area contributed by atoms with Crippen LogP contribution in [0.4, 0.5) is 0 Å². The van der Waals surface area contributed by atoms with Crippen molar-refractivity contribution in [2.75, 3.05) is 0 Å². The molecule has 18 heavy (non-hydrogen) atoms. The van der Waals surface area contributed by atoms with Gasteiger partial charge in [0, 0.05) is 0 Å². The molecule has 1 heterocycles. The van der Waals surface area contributed by atoms with Gasteiger partial charge in [-0.2, -0.15) is 0 Å². The molecular weight excluding hydrogens is 224 g/mol. The molecule has 92 valence electrons. The van der Waals surface area contributed by atoms with Gasteiger partial charge in [-0.25, -0.2) is 0 Å². The molecule has 1 aliphatic rings. The predicted octanol–water partition coefficient (Wildman–Crippen LogP) is 2.39. The second-order valence-electron chi connectivity index (χ2n) is 4.40. The minimum absolute atomic E-state index is 0.185. The van der Waals surface area contributed by atoms with E-state index in [-0.39, 0.29) is 5.91 Å². The number of hydrogen-bond acceptors (Lipinski definition) is 2. The fraction of sp³-hybridized carbons (Fsp3) is 0.133. The quantitative estimate of drug-likeness (QED) is 0.740. The van der Waals surface area contributed by atoms with Gasteiger partial charge in [0.2, 0.25) is 0 Å². The van der Waals surface area contributed by atoms with Crippen LogP contribution in [0.5, 0.6) is 0 Å². The maximum Gasteiger partial charge on any atom is 0.272 e. The zero-order chi connectivity index (χ0) is 13.3. The molecule has 2 rings (SSSR count). The van der Waals surface area contributed by atoms with E-state index in [1.54, 1.807) is 0 Å². The molecule has 1 saturated heterocycles. The number of hydrogen-bond donors (Lipinski definition) is 2. The molecule has 3 nitrogen and oxygen atoms in total. The highest BCUT2D eigenvalue weighted by Gasteiger charge is 2.19. The van der Waals surface area contributed by atoms with E-state index in [1.807, 2.05) is 38.1 Å². The first-order chi connectivity index (χ1) is 8.49. The van der Waals surface area contributed by atoms with Gasteiger partial charge in [-0.1, -0.05) is 31.4 Å². The van der Waals surface area contributed by atoms with Gasteiger partial charge in [-0.3, -0.25) is 4.79 Å². The SMILES string of the molecule is C=C1NC(=O)/C(=C/c2c(C)cccc2C)NC1=C. The number of benzene rings is 1. The maximum absolute atomic E-state index is 11.8. The van der Waals surface area contributed by atoms with Crippen molar-refractivity contribution in [2.24, 2.45) is 0 Å². The van der Waals surface area contributed by atoms with Crippen LogP contribution in [0.1, 0.15) is 16.7 Å². The minimum Gasteiger partial charge on any atom is -0.350 e. The number of nitrogens with one attached hydrogen (secondary N) is 2. The Kier molecular flexibility index (Phi) is 3.06. The van der Waals surface area contributed by atoms with E-state index >= 15 is 0 Å². The monoisotopic (exact) mass is 240 g/mol. The number of rotatable bonds is 1. The smallest absolute Gasteiger partial charge is 0.272 e. The molecule has 0 aliphatic carbocycles. The lowest BCUT2D eigenvalue weighted by Gasteiger charge is -2.22. The Labute approximate surface area is 107 Å². The molecule has 1 aromatic carbocycles. The zero-order valence-electron chi connectivity index (χ0n) is 10.6. The van der Waals surface area contributed by atoms with Gasteiger partial charge in [-0.05, 0) is 36.6 Å². The van der Waals surface area contributed by atoms with Crippen LogP contribution in [0.15, 0.2) is 48.4 Å². The summed E-state index contributed by atoms with van der Waals surface area (Å²) in [6.07, 6.45) is 1.84. The van der Waals surface area contributed by atoms with Gasteiger partial charge in [-0.15, -0.1) is 0 Å². The van der Waals surface area contributed by atoms with Crippen LogP contribution in [0.25, 0.3) is 6.08 Å². The van der Waals surface area contributed by atoms with Gasteiger partial charge >= 0.3 is 0 Å². The Hall–Kier alpha value is -2.29. The lowest BCUT2D eigenvalue weighted by Crippen LogP contribution is -2.38. The molecule has 0 aromatic heterocycles. The molecule has 2 N–H and O–H groups in total. The summed E-state index contributed by atoms with van der Waals surface area (Å²) < 4.78 is 0. The summed E-state index contributed by atoms with van der Waals surface area (Å²) in [5, 5.41) is 5.65. The zero-order valence-corrected chi connectivity index (χ0v) is 10.6. The number of piperazine rings is 1. The summed E-state index contributed by atoms with van der Waals surface area (Å²) in [7, 11) is 0. The van der Waals surface area contributed by atoms with Crippen LogP contribution >= 0.6 is 0 Å². The number of amides is 1. The Bertz CT molecular complexity index is 562. The first-order valence-corrected chi connectivity index (χ1v) is 5.73. The molecule has 1 aromatic rings. The van der Waals surface area contributed by atoms with E-state index < -0.39 is 0 Å². The number of aryl methyl sites for hydroxylation is 2. The van der Waals surface area contributed by atoms with Crippen molar-refractivity contribution in [3.63, 3.8) is 0 Å². The molecule has 0 bridgehead atoms. The standard InChI is InChI=1S/C15H16N2O/c1-9-6-5-7-10(2)13(9)8-14-15(18)17-12(4)11(3)16-14/h5-8,16H,3-4H2,1-2H3,(H,17,18)/b14-8-. The average Bonchev–Trinajstić information content (AvgIpc) is 2.30. The lowest BCUT2D eigenvalue weighted by molar-refractivity contribution is -0.117. The summed E-state index contributed by atoms with van der Waals surface area (Å²) in [4.78, 5) is 11.8. The molecule has 0 saturated carbocycles. The molecule has 3 heteroatoms. The van der Waals surface area contributed by atoms with Gasteiger partial charge in [0.05, 0.1) is 11.4 Å². The van der Waals surface area contributed by atoms with Crippen molar-refractivity contribution in [3.8, 4) is 0 Å². The van der Waals surface area contributed by atoms with Crippen molar-refractivity contribution >= 4 is 12.0 Å². The number of carbonyl (C=O) groups excluding carboxylic acids is 1. The molecule has 1 fully saturated rings. The van der Waals surface area contributed by atoms with Crippen LogP contribution in [0.2, 0.25) is 0 Å². The van der Waals surface area contributed by atoms with Crippen LogP contribution in [-0.2, 0) is 4.79 Å². The van der Waals surface area contributed by atoms with Crippen molar-refractivity contribution in [3.05, 3.63) is 65.1 Å². The number of carbonyl (C=O) groups is 1. The van der Waals surface area contributed by atoms with Crippen LogP contribution in [0, 0.1) is 13.8 Å². The van der Waals surface area contributed by atoms with Crippen molar-refractivity contribution < 1.29 is 4.79 Å². The molecule has 0 atom stereocenters. The van der Waals surface area contributed by atoms with Crippen LogP contribution < -0.4 is 10.6 Å². The third-order valence-electron chi connectivity index (χ3n) is 2.99. The van der Waals surface area contributed by atoms with E-state index in [4.69, 9.17) is 0 Å². The van der Waals surface area contributed by atoms with E-state index in [0.717, 1.165) is 16.7 Å². The Balaban J connectivity index is 2.42. The van der Waals surface area contributed by atoms with Crippen molar-refractivity contribution in [1.82, 2.24) is 10.6 Å². The predicted molar refractivity (Wildman–Crippen MR) is 73.5 cm³/mol. The van der Waals surface area contributed by atoms with E-state index in [1.165, 1.54) is 0 Å². The van der Waals surface area contributed by atoms with Crippen molar-refractivity contribution in [2.45, 2.75) is 13.8 Å². The van der Waals surface area contributed by atoms with Crippen LogP contribution in [-0.4, -0.2) is 5.91 Å². The molecule has 1 amide bonds. The highest BCUT2D eigenvalue weighted by Crippen LogP contribution is 2.19. The second kappa shape index (κ2) is 4.53. The van der Waals surface area contributed by atoms with Gasteiger partial charge < -0.3 is 10.6 Å². The first kappa shape index (κ1) is 12.2. The maximum atomic E-state index is 11.8. The third-order valence-corrected chi connectivity index (χ3v) is 2.99. The topological polar surface area (TPSA) is 41.1 Å². The summed E-state index contributed by atoms with van der Waals surface area (Å²) in [5.41, 5.74) is 4.94. The first-order valence-electron chi connectivity index (χ1n) is 5.73. The normalized spacial score (nSPS) is 17.7. The summed E-state index contributed by atoms with van der Waals surface area (Å²) in [6.45, 7) is 11.5. The van der Waals surface area contributed by atoms with Gasteiger partial charge in [0.1, 0.15) is 5.70 Å². The molecule has 0 unspecified atom stereocenters. The van der Waals surface area contributed by atoms with Gasteiger partial charge in [0.15, 0.2) is 0 Å². The second-order valence-corrected chi connectivity index (χ2v) is 4.40. The average molecular weight is 240 g/mol. The fourth-order valence-electron chi connectivity index (χ4n) is 1.88. The van der Waals surface area contributed by atoms with Gasteiger partial charge in [0.25, 0.3) is 5.91 Å². The molecule has 0 spiro atoms. The third kappa shape index (κ3) is 2.20. The molecule has 1 aliphatic heterocycles. The van der Waals surface area contributed by atoms with Crippen LogP contribution in [0.3, 0.4) is 0 Å². The summed E-state index contributed by atoms with van der Waals surface area (Å²) >= 11 is 0. The van der Waals surface area contributed by atoms with E-state index in [0.29, 0.717) is 17.1 Å². The van der Waals surface area contributed by atoms with E-state index in [2.05, 4.69) is 23.8 Å². The Morgan fingerprint density at radius 1 is 1.06 bits per heavy atom. The fourth-order valence-corrected chi connectivity index (χ4v) is 1.88. The van der Waals surface area contributed by atoms with E-state index in [9.17, 15) is 4.79 Å². The minimum atomic E-state index is -0.185. The molecule has 0 radical (unpaired) electrons. The summed E-state index contributed by atoms with van der Waals surface area (Å²) in [6, 6.07) is 6.05. The Morgan fingerprint density at radius 3 is 2.22 bits per heavy atom. The highest BCUT2D eigenvalue weighted by molar-refractivity contribution is 6.00.